The zero-order valence-corrected chi connectivity index (χ0v) is 12.2. The van der Waals surface area contributed by atoms with Crippen molar-refractivity contribution in [1.29, 1.82) is 0 Å². The van der Waals surface area contributed by atoms with E-state index in [-0.39, 0.29) is 17.6 Å². The van der Waals surface area contributed by atoms with Crippen LogP contribution in [0.2, 0.25) is 0 Å². The molecule has 1 fully saturated rings. The highest BCUT2D eigenvalue weighted by Gasteiger charge is 2.28. The van der Waals surface area contributed by atoms with Crippen LogP contribution in [-0.4, -0.2) is 36.7 Å². The van der Waals surface area contributed by atoms with Crippen LogP contribution in [0.1, 0.15) is 53.4 Å². The first-order valence-corrected chi connectivity index (χ1v) is 7.09. The third kappa shape index (κ3) is 5.83. The third-order valence-corrected chi connectivity index (χ3v) is 3.38. The van der Waals surface area contributed by atoms with E-state index in [0.717, 1.165) is 32.3 Å². The Balaban J connectivity index is 2.22. The smallest absolute Gasteiger partial charge is 0.234 e. The summed E-state index contributed by atoms with van der Waals surface area (Å²) in [6.07, 6.45) is 4.09. The fourth-order valence-corrected chi connectivity index (χ4v) is 2.47. The van der Waals surface area contributed by atoms with E-state index in [9.17, 15) is 4.79 Å². The lowest BCUT2D eigenvalue weighted by Crippen LogP contribution is -2.47. The maximum atomic E-state index is 11.7. The van der Waals surface area contributed by atoms with Crippen molar-refractivity contribution in [2.75, 3.05) is 13.2 Å². The van der Waals surface area contributed by atoms with Crippen LogP contribution in [0, 0.1) is 0 Å². The van der Waals surface area contributed by atoms with Gasteiger partial charge in [0, 0.05) is 18.7 Å². The molecule has 1 aliphatic heterocycles. The summed E-state index contributed by atoms with van der Waals surface area (Å²) in [5.74, 6) is 0.0975. The largest absolute Gasteiger partial charge is 0.375 e. The summed E-state index contributed by atoms with van der Waals surface area (Å²) in [5, 5.41) is 6.34. The average Bonchev–Trinajstić information content (AvgIpc) is 2.25. The molecule has 0 aromatic heterocycles. The first kappa shape index (κ1) is 15.4. The zero-order chi connectivity index (χ0) is 13.6. The normalized spacial score (nSPS) is 24.6. The number of nitrogens with one attached hydrogen (secondary N) is 2. The molecular formula is C14H28N2O2. The molecule has 2 unspecified atom stereocenters. The van der Waals surface area contributed by atoms with Crippen LogP contribution in [0.15, 0.2) is 0 Å². The van der Waals surface area contributed by atoms with Gasteiger partial charge in [-0.1, -0.05) is 13.3 Å². The van der Waals surface area contributed by atoms with Gasteiger partial charge in [-0.2, -0.15) is 0 Å². The van der Waals surface area contributed by atoms with Crippen LogP contribution in [0.4, 0.5) is 0 Å². The molecule has 1 amide bonds. The van der Waals surface area contributed by atoms with Crippen molar-refractivity contribution < 1.29 is 9.53 Å². The highest BCUT2D eigenvalue weighted by molar-refractivity contribution is 5.78. The van der Waals surface area contributed by atoms with Gasteiger partial charge in [0.1, 0.15) is 0 Å². The molecule has 1 aliphatic rings. The molecule has 1 rings (SSSR count). The number of ether oxygens (including phenoxy) is 1. The molecule has 0 saturated carbocycles. The molecule has 4 nitrogen and oxygen atoms in total. The Morgan fingerprint density at radius 3 is 2.83 bits per heavy atom. The summed E-state index contributed by atoms with van der Waals surface area (Å²) in [5.41, 5.74) is -0.0676. The highest BCUT2D eigenvalue weighted by atomic mass is 16.5. The Labute approximate surface area is 111 Å². The van der Waals surface area contributed by atoms with Gasteiger partial charge in [0.2, 0.25) is 5.91 Å². The number of carbonyl (C=O) groups is 1. The molecule has 4 heteroatoms. The predicted molar refractivity (Wildman–Crippen MR) is 73.6 cm³/mol. The number of carbonyl (C=O) groups excluding carboxylic acids is 1. The van der Waals surface area contributed by atoms with Crippen molar-refractivity contribution in [1.82, 2.24) is 10.6 Å². The van der Waals surface area contributed by atoms with Gasteiger partial charge in [0.25, 0.3) is 0 Å². The van der Waals surface area contributed by atoms with Gasteiger partial charge in [-0.15, -0.1) is 0 Å². The summed E-state index contributed by atoms with van der Waals surface area (Å²) >= 11 is 0. The molecule has 0 bridgehead atoms. The van der Waals surface area contributed by atoms with Gasteiger partial charge in [0.05, 0.1) is 12.1 Å². The van der Waals surface area contributed by atoms with Crippen LogP contribution in [0.5, 0.6) is 0 Å². The molecule has 1 saturated heterocycles. The van der Waals surface area contributed by atoms with Gasteiger partial charge >= 0.3 is 0 Å². The maximum absolute atomic E-state index is 11.7. The van der Waals surface area contributed by atoms with Crippen LogP contribution in [0.25, 0.3) is 0 Å². The predicted octanol–water partition coefficient (Wildman–Crippen LogP) is 1.84. The molecule has 106 valence electrons. The second-order valence-corrected chi connectivity index (χ2v) is 5.94. The molecular weight excluding hydrogens is 228 g/mol. The third-order valence-electron chi connectivity index (χ3n) is 3.38. The Morgan fingerprint density at radius 2 is 2.22 bits per heavy atom. The van der Waals surface area contributed by atoms with Crippen molar-refractivity contribution in [2.45, 2.75) is 71.1 Å². The number of rotatable bonds is 6. The monoisotopic (exact) mass is 256 g/mol. The second kappa shape index (κ2) is 7.10. The fraction of sp³-hybridized carbons (Fsp3) is 0.929. The molecule has 2 atom stereocenters. The quantitative estimate of drug-likeness (QED) is 0.762. The minimum Gasteiger partial charge on any atom is -0.375 e. The van der Waals surface area contributed by atoms with E-state index in [1.807, 2.05) is 0 Å². The molecule has 0 aliphatic carbocycles. The lowest BCUT2D eigenvalue weighted by atomic mass is 9.94. The second-order valence-electron chi connectivity index (χ2n) is 5.94. The van der Waals surface area contributed by atoms with E-state index in [0.29, 0.717) is 12.6 Å². The number of amides is 1. The lowest BCUT2D eigenvalue weighted by molar-refractivity contribution is -0.121. The van der Waals surface area contributed by atoms with Gasteiger partial charge in [-0.3, -0.25) is 4.79 Å². The van der Waals surface area contributed by atoms with Gasteiger partial charge in [-0.05, 0) is 40.0 Å². The van der Waals surface area contributed by atoms with E-state index in [4.69, 9.17) is 4.74 Å². The molecule has 18 heavy (non-hydrogen) atoms. The Kier molecular flexibility index (Phi) is 6.09. The van der Waals surface area contributed by atoms with E-state index >= 15 is 0 Å². The SMILES string of the molecule is CCCC(C)NC(=O)CNC1CCOC(C)(C)C1. The van der Waals surface area contributed by atoms with Gasteiger partial charge in [0.15, 0.2) is 0 Å². The van der Waals surface area contributed by atoms with E-state index in [2.05, 4.69) is 38.3 Å². The first-order chi connectivity index (χ1) is 8.43. The van der Waals surface area contributed by atoms with Crippen molar-refractivity contribution in [3.05, 3.63) is 0 Å². The highest BCUT2D eigenvalue weighted by Crippen LogP contribution is 2.23. The molecule has 0 radical (unpaired) electrons. The lowest BCUT2D eigenvalue weighted by Gasteiger charge is -2.35. The fourth-order valence-electron chi connectivity index (χ4n) is 2.47. The summed E-state index contributed by atoms with van der Waals surface area (Å²) < 4.78 is 5.66. The van der Waals surface area contributed by atoms with E-state index in [1.165, 1.54) is 0 Å². The molecule has 0 aromatic carbocycles. The summed E-state index contributed by atoms with van der Waals surface area (Å²) in [7, 11) is 0. The zero-order valence-electron chi connectivity index (χ0n) is 12.2. The van der Waals surface area contributed by atoms with Crippen molar-refractivity contribution in [3.8, 4) is 0 Å². The average molecular weight is 256 g/mol. The first-order valence-electron chi connectivity index (χ1n) is 7.09. The van der Waals surface area contributed by atoms with Crippen LogP contribution < -0.4 is 10.6 Å². The van der Waals surface area contributed by atoms with Crippen LogP contribution >= 0.6 is 0 Å². The molecule has 0 spiro atoms. The maximum Gasteiger partial charge on any atom is 0.234 e. The minimum atomic E-state index is -0.0676. The van der Waals surface area contributed by atoms with Crippen LogP contribution in [-0.2, 0) is 9.53 Å². The molecule has 1 heterocycles. The molecule has 0 aromatic rings. The number of hydrogen-bond donors (Lipinski definition) is 2. The Bertz CT molecular complexity index is 267. The van der Waals surface area contributed by atoms with Crippen molar-refractivity contribution >= 4 is 5.91 Å². The van der Waals surface area contributed by atoms with Crippen molar-refractivity contribution in [3.63, 3.8) is 0 Å². The standard InChI is InChI=1S/C14H28N2O2/c1-5-6-11(2)16-13(17)10-15-12-7-8-18-14(3,4)9-12/h11-12,15H,5-10H2,1-4H3,(H,16,17). The summed E-state index contributed by atoms with van der Waals surface area (Å²) in [6, 6.07) is 0.663. The van der Waals surface area contributed by atoms with E-state index < -0.39 is 0 Å². The summed E-state index contributed by atoms with van der Waals surface area (Å²) in [4.78, 5) is 11.7. The number of hydrogen-bond acceptors (Lipinski definition) is 3. The van der Waals surface area contributed by atoms with Gasteiger partial charge in [-0.25, -0.2) is 0 Å². The van der Waals surface area contributed by atoms with E-state index in [1.54, 1.807) is 0 Å². The Morgan fingerprint density at radius 1 is 1.50 bits per heavy atom. The van der Waals surface area contributed by atoms with Gasteiger partial charge < -0.3 is 15.4 Å². The summed E-state index contributed by atoms with van der Waals surface area (Å²) in [6.45, 7) is 9.58. The Hall–Kier alpha value is -0.610. The van der Waals surface area contributed by atoms with Crippen LogP contribution in [0.3, 0.4) is 0 Å². The topological polar surface area (TPSA) is 50.4 Å². The molecule has 2 N–H and O–H groups in total. The van der Waals surface area contributed by atoms with Crippen molar-refractivity contribution in [2.24, 2.45) is 0 Å². The minimum absolute atomic E-state index is 0.0676.